The molecular formula is C45H90O2. The fourth-order valence-electron chi connectivity index (χ4n) is 7.14. The predicted molar refractivity (Wildman–Crippen MR) is 212 cm³/mol. The third-order valence-corrected chi connectivity index (χ3v) is 10.5. The van der Waals surface area contributed by atoms with Crippen molar-refractivity contribution in [3.05, 3.63) is 0 Å². The molecule has 0 saturated carbocycles. The summed E-state index contributed by atoms with van der Waals surface area (Å²) >= 11 is 0. The first kappa shape index (κ1) is 46.5. The van der Waals surface area contributed by atoms with Crippen LogP contribution in [0.4, 0.5) is 0 Å². The fraction of sp³-hybridized carbons (Fsp3) is 0.978. The molecule has 0 heterocycles. The Labute approximate surface area is 298 Å². The minimum atomic E-state index is 0.0310. The second-order valence-electron chi connectivity index (χ2n) is 15.4. The summed E-state index contributed by atoms with van der Waals surface area (Å²) in [6, 6.07) is 0. The number of esters is 1. The van der Waals surface area contributed by atoms with Gasteiger partial charge in [-0.15, -0.1) is 0 Å². The zero-order chi connectivity index (χ0) is 34.0. The van der Waals surface area contributed by atoms with Crippen molar-refractivity contribution in [2.75, 3.05) is 6.61 Å². The minimum absolute atomic E-state index is 0.0310. The molecule has 0 saturated heterocycles. The van der Waals surface area contributed by atoms with Gasteiger partial charge < -0.3 is 4.74 Å². The van der Waals surface area contributed by atoms with E-state index in [4.69, 9.17) is 4.74 Å². The van der Waals surface area contributed by atoms with Crippen LogP contribution in [-0.2, 0) is 9.53 Å². The van der Waals surface area contributed by atoms with Crippen molar-refractivity contribution >= 4 is 5.97 Å². The van der Waals surface area contributed by atoms with Crippen LogP contribution < -0.4 is 0 Å². The predicted octanol–water partition coefficient (Wildman–Crippen LogP) is 16.6. The molecule has 2 nitrogen and oxygen atoms in total. The van der Waals surface area contributed by atoms with Gasteiger partial charge in [0, 0.05) is 6.42 Å². The van der Waals surface area contributed by atoms with Crippen molar-refractivity contribution in [1.29, 1.82) is 0 Å². The molecule has 2 heteroatoms. The van der Waals surface area contributed by atoms with E-state index in [0.29, 0.717) is 13.0 Å². The first-order valence-electron chi connectivity index (χ1n) is 22.5. The van der Waals surface area contributed by atoms with Crippen LogP contribution in [-0.4, -0.2) is 12.6 Å². The van der Waals surface area contributed by atoms with Crippen LogP contribution >= 0.6 is 0 Å². The molecule has 47 heavy (non-hydrogen) atoms. The zero-order valence-corrected chi connectivity index (χ0v) is 33.0. The van der Waals surface area contributed by atoms with E-state index in [-0.39, 0.29) is 5.97 Å². The van der Waals surface area contributed by atoms with Gasteiger partial charge in [0.2, 0.25) is 0 Å². The molecule has 0 spiro atoms. The number of carbonyl (C=O) groups is 1. The normalized spacial score (nSPS) is 11.4. The van der Waals surface area contributed by atoms with Crippen molar-refractivity contribution in [3.63, 3.8) is 0 Å². The molecule has 0 aromatic carbocycles. The van der Waals surface area contributed by atoms with Gasteiger partial charge in [-0.25, -0.2) is 0 Å². The SMILES string of the molecule is CCCCCCCCCCCCCCCCCCCCCCCCCCCCOC(=O)CCCCCCCCCCCCCCCC. The number of carbonyl (C=O) groups excluding carboxylic acids is 1. The maximum atomic E-state index is 12.0. The lowest BCUT2D eigenvalue weighted by molar-refractivity contribution is -0.143. The molecule has 0 radical (unpaired) electrons. The van der Waals surface area contributed by atoms with Gasteiger partial charge in [0.15, 0.2) is 0 Å². The third kappa shape index (κ3) is 43.4. The van der Waals surface area contributed by atoms with E-state index in [2.05, 4.69) is 13.8 Å². The summed E-state index contributed by atoms with van der Waals surface area (Å²) in [5.41, 5.74) is 0. The highest BCUT2D eigenvalue weighted by atomic mass is 16.5. The van der Waals surface area contributed by atoms with E-state index in [1.165, 1.54) is 244 Å². The summed E-state index contributed by atoms with van der Waals surface area (Å²) in [4.78, 5) is 12.0. The summed E-state index contributed by atoms with van der Waals surface area (Å²) in [6.07, 6.45) is 56.5. The van der Waals surface area contributed by atoms with Crippen molar-refractivity contribution in [3.8, 4) is 0 Å². The van der Waals surface area contributed by atoms with Gasteiger partial charge in [-0.05, 0) is 12.8 Å². The average Bonchev–Trinajstić information content (AvgIpc) is 3.08. The Bertz CT molecular complexity index is 558. The molecular weight excluding hydrogens is 572 g/mol. The summed E-state index contributed by atoms with van der Waals surface area (Å²) < 4.78 is 5.47. The largest absolute Gasteiger partial charge is 0.466 e. The highest BCUT2D eigenvalue weighted by molar-refractivity contribution is 5.69. The van der Waals surface area contributed by atoms with Gasteiger partial charge in [0.25, 0.3) is 0 Å². The average molecular weight is 663 g/mol. The van der Waals surface area contributed by atoms with E-state index in [9.17, 15) is 4.79 Å². The molecule has 0 aliphatic carbocycles. The number of ether oxygens (including phenoxy) is 1. The van der Waals surface area contributed by atoms with Crippen molar-refractivity contribution < 1.29 is 9.53 Å². The Morgan fingerprint density at radius 1 is 0.277 bits per heavy atom. The van der Waals surface area contributed by atoms with Crippen LogP contribution in [0.3, 0.4) is 0 Å². The standard InChI is InChI=1S/C45H90O2/c1-3-5-7-9-11-13-15-17-19-20-21-22-23-24-25-26-27-28-29-30-32-34-36-38-40-42-44-47-45(46)43-41-39-37-35-33-31-18-16-14-12-10-8-6-4-2/h3-44H2,1-2H3. The van der Waals surface area contributed by atoms with Crippen LogP contribution in [0.25, 0.3) is 0 Å². The molecule has 0 unspecified atom stereocenters. The van der Waals surface area contributed by atoms with E-state index >= 15 is 0 Å². The van der Waals surface area contributed by atoms with Crippen LogP contribution in [0.2, 0.25) is 0 Å². The van der Waals surface area contributed by atoms with Crippen molar-refractivity contribution in [2.45, 2.75) is 277 Å². The molecule has 0 fully saturated rings. The van der Waals surface area contributed by atoms with Gasteiger partial charge in [-0.3, -0.25) is 4.79 Å². The number of hydrogen-bond acceptors (Lipinski definition) is 2. The lowest BCUT2D eigenvalue weighted by Gasteiger charge is -2.06. The van der Waals surface area contributed by atoms with Gasteiger partial charge in [0.05, 0.1) is 6.61 Å². The Balaban J connectivity index is 3.13. The maximum absolute atomic E-state index is 12.0. The van der Waals surface area contributed by atoms with E-state index < -0.39 is 0 Å². The Hall–Kier alpha value is -0.530. The Morgan fingerprint density at radius 2 is 0.468 bits per heavy atom. The second-order valence-corrected chi connectivity index (χ2v) is 15.4. The minimum Gasteiger partial charge on any atom is -0.466 e. The van der Waals surface area contributed by atoms with Gasteiger partial charge in [-0.1, -0.05) is 258 Å². The van der Waals surface area contributed by atoms with Crippen molar-refractivity contribution in [2.24, 2.45) is 0 Å². The summed E-state index contributed by atoms with van der Waals surface area (Å²) in [5.74, 6) is 0.0310. The quantitative estimate of drug-likeness (QED) is 0.0480. The molecule has 282 valence electrons. The lowest BCUT2D eigenvalue weighted by atomic mass is 10.0. The molecule has 0 aromatic heterocycles. The van der Waals surface area contributed by atoms with Crippen LogP contribution in [0.15, 0.2) is 0 Å². The number of rotatable bonds is 42. The second kappa shape index (κ2) is 43.5. The molecule has 0 bridgehead atoms. The lowest BCUT2D eigenvalue weighted by Crippen LogP contribution is -2.05. The maximum Gasteiger partial charge on any atom is 0.305 e. The van der Waals surface area contributed by atoms with Gasteiger partial charge in [-0.2, -0.15) is 0 Å². The summed E-state index contributed by atoms with van der Waals surface area (Å²) in [7, 11) is 0. The smallest absolute Gasteiger partial charge is 0.305 e. The first-order valence-corrected chi connectivity index (χ1v) is 22.5. The monoisotopic (exact) mass is 663 g/mol. The van der Waals surface area contributed by atoms with Crippen LogP contribution in [0, 0.1) is 0 Å². The fourth-order valence-corrected chi connectivity index (χ4v) is 7.14. The number of hydrogen-bond donors (Lipinski definition) is 0. The van der Waals surface area contributed by atoms with Crippen LogP contribution in [0.5, 0.6) is 0 Å². The Morgan fingerprint density at radius 3 is 0.702 bits per heavy atom. The molecule has 0 aliphatic rings. The molecule has 0 aliphatic heterocycles. The molecule has 0 N–H and O–H groups in total. The Kier molecular flexibility index (Phi) is 43.0. The first-order chi connectivity index (χ1) is 23.3. The van der Waals surface area contributed by atoms with E-state index in [1.54, 1.807) is 0 Å². The van der Waals surface area contributed by atoms with E-state index in [1.807, 2.05) is 0 Å². The number of unbranched alkanes of at least 4 members (excludes halogenated alkanes) is 38. The topological polar surface area (TPSA) is 26.3 Å². The zero-order valence-electron chi connectivity index (χ0n) is 33.0. The molecule has 0 atom stereocenters. The van der Waals surface area contributed by atoms with E-state index in [0.717, 1.165) is 12.8 Å². The van der Waals surface area contributed by atoms with Crippen molar-refractivity contribution in [1.82, 2.24) is 0 Å². The molecule has 0 rings (SSSR count). The highest BCUT2D eigenvalue weighted by Gasteiger charge is 2.03. The third-order valence-electron chi connectivity index (χ3n) is 10.5. The summed E-state index contributed by atoms with van der Waals surface area (Å²) in [6.45, 7) is 5.23. The van der Waals surface area contributed by atoms with Crippen LogP contribution in [0.1, 0.15) is 277 Å². The van der Waals surface area contributed by atoms with Gasteiger partial charge in [0.1, 0.15) is 0 Å². The highest BCUT2D eigenvalue weighted by Crippen LogP contribution is 2.17. The molecule has 0 amide bonds. The summed E-state index contributed by atoms with van der Waals surface area (Å²) in [5, 5.41) is 0. The van der Waals surface area contributed by atoms with Gasteiger partial charge >= 0.3 is 5.97 Å². The molecule has 0 aromatic rings.